The third kappa shape index (κ3) is 3.48. The lowest BCUT2D eigenvalue weighted by Crippen LogP contribution is -2.32. The molecule has 0 N–H and O–H groups in total. The molecule has 0 saturated carbocycles. The number of likely N-dealkylation sites (N-methyl/N-ethyl adjacent to an activating group) is 1. The van der Waals surface area contributed by atoms with E-state index in [9.17, 15) is 0 Å². The Morgan fingerprint density at radius 2 is 1.62 bits per heavy atom. The molecule has 0 aliphatic rings. The molecule has 3 aromatic rings. The molecule has 124 valence electrons. The molecule has 3 nitrogen and oxygen atoms in total. The lowest BCUT2D eigenvalue weighted by Gasteiger charge is -2.31. The summed E-state index contributed by atoms with van der Waals surface area (Å²) in [6.07, 6.45) is 0. The maximum Gasteiger partial charge on any atom is 0.132 e. The van der Waals surface area contributed by atoms with Crippen molar-refractivity contribution in [1.82, 2.24) is 9.88 Å². The van der Waals surface area contributed by atoms with Crippen LogP contribution in [0.2, 0.25) is 0 Å². The Labute approximate surface area is 143 Å². The van der Waals surface area contributed by atoms with Crippen molar-refractivity contribution in [2.24, 2.45) is 0 Å². The molecule has 2 aromatic carbocycles. The number of hydrogen-bond donors (Lipinski definition) is 0. The third-order valence-corrected chi connectivity index (χ3v) is 4.34. The Morgan fingerprint density at radius 3 is 2.38 bits per heavy atom. The molecule has 3 heteroatoms. The van der Waals surface area contributed by atoms with Crippen LogP contribution in [0.15, 0.2) is 66.7 Å². The van der Waals surface area contributed by atoms with Crippen LogP contribution in [0.1, 0.15) is 18.2 Å². The molecule has 1 heterocycles. The lowest BCUT2D eigenvalue weighted by atomic mass is 9.91. The SMILES string of the molecule is CN(C)CCO[C@@](C)(c1ccccc1)c1ccc2ccccc2n1. The van der Waals surface area contributed by atoms with Gasteiger partial charge in [0.15, 0.2) is 0 Å². The Hall–Kier alpha value is -2.23. The summed E-state index contributed by atoms with van der Waals surface area (Å²) in [6.45, 7) is 3.62. The number of rotatable bonds is 6. The van der Waals surface area contributed by atoms with E-state index in [-0.39, 0.29) is 0 Å². The molecule has 0 bridgehead atoms. The topological polar surface area (TPSA) is 25.4 Å². The summed E-state index contributed by atoms with van der Waals surface area (Å²) in [5, 5.41) is 1.14. The number of nitrogens with zero attached hydrogens (tertiary/aromatic N) is 2. The smallest absolute Gasteiger partial charge is 0.132 e. The number of fused-ring (bicyclic) bond motifs is 1. The van der Waals surface area contributed by atoms with E-state index >= 15 is 0 Å². The summed E-state index contributed by atoms with van der Waals surface area (Å²) < 4.78 is 6.36. The molecule has 3 rings (SSSR count). The molecule has 0 spiro atoms. The second kappa shape index (κ2) is 7.12. The highest BCUT2D eigenvalue weighted by molar-refractivity contribution is 5.78. The van der Waals surface area contributed by atoms with Crippen molar-refractivity contribution in [3.8, 4) is 0 Å². The predicted molar refractivity (Wildman–Crippen MR) is 99.1 cm³/mol. The van der Waals surface area contributed by atoms with Crippen molar-refractivity contribution in [2.45, 2.75) is 12.5 Å². The van der Waals surface area contributed by atoms with Crippen molar-refractivity contribution in [3.63, 3.8) is 0 Å². The van der Waals surface area contributed by atoms with E-state index in [1.54, 1.807) is 0 Å². The predicted octanol–water partition coefficient (Wildman–Crippen LogP) is 4.08. The molecule has 0 saturated heterocycles. The Bertz CT molecular complexity index is 801. The van der Waals surface area contributed by atoms with Crippen LogP contribution in [0.25, 0.3) is 10.9 Å². The van der Waals surface area contributed by atoms with Crippen molar-refractivity contribution in [2.75, 3.05) is 27.2 Å². The largest absolute Gasteiger partial charge is 0.363 e. The van der Waals surface area contributed by atoms with Gasteiger partial charge in [-0.15, -0.1) is 0 Å². The molecular formula is C21H24N2O. The Kier molecular flexibility index (Phi) is 4.93. The highest BCUT2D eigenvalue weighted by Gasteiger charge is 2.31. The van der Waals surface area contributed by atoms with Crippen LogP contribution < -0.4 is 0 Å². The summed E-state index contributed by atoms with van der Waals surface area (Å²) >= 11 is 0. The monoisotopic (exact) mass is 320 g/mol. The van der Waals surface area contributed by atoms with Crippen molar-refractivity contribution >= 4 is 10.9 Å². The van der Waals surface area contributed by atoms with E-state index in [4.69, 9.17) is 9.72 Å². The van der Waals surface area contributed by atoms with E-state index in [2.05, 4.69) is 56.3 Å². The van der Waals surface area contributed by atoms with E-state index in [1.165, 1.54) is 0 Å². The van der Waals surface area contributed by atoms with Crippen molar-refractivity contribution in [1.29, 1.82) is 0 Å². The van der Waals surface area contributed by atoms with Crippen LogP contribution in [-0.4, -0.2) is 37.1 Å². The molecule has 0 radical (unpaired) electrons. The maximum atomic E-state index is 6.36. The fourth-order valence-electron chi connectivity index (χ4n) is 2.83. The fourth-order valence-corrected chi connectivity index (χ4v) is 2.83. The molecule has 0 aliphatic carbocycles. The third-order valence-electron chi connectivity index (χ3n) is 4.34. The molecule has 24 heavy (non-hydrogen) atoms. The highest BCUT2D eigenvalue weighted by atomic mass is 16.5. The molecule has 1 aromatic heterocycles. The quantitative estimate of drug-likeness (QED) is 0.684. The summed E-state index contributed by atoms with van der Waals surface area (Å²) in [4.78, 5) is 7.01. The first-order chi connectivity index (χ1) is 11.6. The van der Waals surface area contributed by atoms with Gasteiger partial charge in [0.2, 0.25) is 0 Å². The van der Waals surface area contributed by atoms with Crippen molar-refractivity contribution < 1.29 is 4.74 Å². The van der Waals surface area contributed by atoms with Crippen molar-refractivity contribution in [3.05, 3.63) is 78.0 Å². The minimum absolute atomic E-state index is 0.568. The molecule has 0 amide bonds. The van der Waals surface area contributed by atoms with Crippen LogP contribution in [0.4, 0.5) is 0 Å². The average molecular weight is 320 g/mol. The van der Waals surface area contributed by atoms with Gasteiger partial charge in [-0.25, -0.2) is 4.98 Å². The molecule has 0 fully saturated rings. The first-order valence-electron chi connectivity index (χ1n) is 8.30. The fraction of sp³-hybridized carbons (Fsp3) is 0.286. The number of aromatic nitrogens is 1. The minimum atomic E-state index is -0.568. The van der Waals surface area contributed by atoms with Gasteiger partial charge < -0.3 is 9.64 Å². The number of para-hydroxylation sites is 1. The lowest BCUT2D eigenvalue weighted by molar-refractivity contribution is -0.0129. The number of ether oxygens (including phenoxy) is 1. The maximum absolute atomic E-state index is 6.36. The van der Waals surface area contributed by atoms with Crippen LogP contribution in [0.5, 0.6) is 0 Å². The number of pyridine rings is 1. The van der Waals surface area contributed by atoms with Crippen LogP contribution >= 0.6 is 0 Å². The molecule has 1 atom stereocenters. The van der Waals surface area contributed by atoms with E-state index in [1.807, 2.05) is 36.4 Å². The number of hydrogen-bond acceptors (Lipinski definition) is 3. The highest BCUT2D eigenvalue weighted by Crippen LogP contribution is 2.33. The van der Waals surface area contributed by atoms with Crippen LogP contribution in [-0.2, 0) is 10.3 Å². The first kappa shape index (κ1) is 16.6. The van der Waals surface area contributed by atoms with Gasteiger partial charge in [-0.1, -0.05) is 54.6 Å². The van der Waals surface area contributed by atoms with E-state index in [0.717, 1.165) is 28.7 Å². The Balaban J connectivity index is 2.02. The average Bonchev–Trinajstić information content (AvgIpc) is 2.61. The van der Waals surface area contributed by atoms with E-state index < -0.39 is 5.60 Å². The van der Waals surface area contributed by atoms with Gasteiger partial charge in [-0.05, 0) is 38.7 Å². The molecule has 0 aliphatic heterocycles. The van der Waals surface area contributed by atoms with Crippen LogP contribution in [0, 0.1) is 0 Å². The summed E-state index contributed by atoms with van der Waals surface area (Å²) in [5.74, 6) is 0. The van der Waals surface area contributed by atoms with Crippen LogP contribution in [0.3, 0.4) is 0 Å². The van der Waals surface area contributed by atoms with Gasteiger partial charge in [0, 0.05) is 11.9 Å². The van der Waals surface area contributed by atoms with Gasteiger partial charge >= 0.3 is 0 Å². The first-order valence-corrected chi connectivity index (χ1v) is 8.30. The zero-order chi connectivity index (χ0) is 17.0. The standard InChI is InChI=1S/C21H24N2O/c1-21(24-16-15-23(2)3,18-10-5-4-6-11-18)20-14-13-17-9-7-8-12-19(17)22-20/h4-14H,15-16H2,1-3H3/t21-/m0/s1. The van der Waals surface area contributed by atoms with Gasteiger partial charge in [-0.2, -0.15) is 0 Å². The summed E-state index contributed by atoms with van der Waals surface area (Å²) in [6, 6.07) is 22.7. The van der Waals surface area contributed by atoms with Gasteiger partial charge in [0.25, 0.3) is 0 Å². The Morgan fingerprint density at radius 1 is 0.917 bits per heavy atom. The van der Waals surface area contributed by atoms with Gasteiger partial charge in [0.1, 0.15) is 5.60 Å². The summed E-state index contributed by atoms with van der Waals surface area (Å²) in [5.41, 5.74) is 2.48. The number of benzene rings is 2. The molecular weight excluding hydrogens is 296 g/mol. The van der Waals surface area contributed by atoms with E-state index in [0.29, 0.717) is 6.61 Å². The minimum Gasteiger partial charge on any atom is -0.363 e. The van der Waals surface area contributed by atoms with Gasteiger partial charge in [-0.3, -0.25) is 0 Å². The zero-order valence-corrected chi connectivity index (χ0v) is 14.6. The summed E-state index contributed by atoms with van der Waals surface area (Å²) in [7, 11) is 4.11. The van der Waals surface area contributed by atoms with Gasteiger partial charge in [0.05, 0.1) is 17.8 Å². The normalized spacial score (nSPS) is 14.0. The zero-order valence-electron chi connectivity index (χ0n) is 14.6. The molecule has 0 unspecified atom stereocenters. The second-order valence-electron chi connectivity index (χ2n) is 6.44. The second-order valence-corrected chi connectivity index (χ2v) is 6.44.